The third-order valence-corrected chi connectivity index (χ3v) is 5.73. The van der Waals surface area contributed by atoms with Crippen LogP contribution in [0.1, 0.15) is 0 Å². The van der Waals surface area contributed by atoms with E-state index in [1.165, 1.54) is 0 Å². The maximum atomic E-state index is 5.53. The van der Waals surface area contributed by atoms with E-state index in [0.29, 0.717) is 0 Å². The van der Waals surface area contributed by atoms with E-state index in [1.807, 2.05) is 18.2 Å². The number of hydrogen-bond donors (Lipinski definition) is 0. The summed E-state index contributed by atoms with van der Waals surface area (Å²) in [5.74, 6) is 0. The fourth-order valence-corrected chi connectivity index (χ4v) is 3.77. The van der Waals surface area contributed by atoms with Gasteiger partial charge in [-0.05, 0) is 0 Å². The summed E-state index contributed by atoms with van der Waals surface area (Å²) < 4.78 is 0. The Balaban J connectivity index is 4.49. The topological polar surface area (TPSA) is 0 Å². The van der Waals surface area contributed by atoms with Gasteiger partial charge in [-0.2, -0.15) is 0 Å². The van der Waals surface area contributed by atoms with E-state index < -0.39 is 7.26 Å². The molecule has 0 amide bonds. The van der Waals surface area contributed by atoms with Gasteiger partial charge in [0.2, 0.25) is 0 Å². The van der Waals surface area contributed by atoms with E-state index in [2.05, 4.69) is 25.4 Å². The third-order valence-electron chi connectivity index (χ3n) is 1.91. The second kappa shape index (κ2) is 5.81. The molecule has 0 heterocycles. The fraction of sp³-hybridized carbons (Fsp3) is 0.273. The first-order chi connectivity index (χ1) is 5.74. The molecule has 66 valence electrons. The van der Waals surface area contributed by atoms with Crippen molar-refractivity contribution in [2.75, 3.05) is 18.5 Å². The number of hydrogen-bond acceptors (Lipinski definition) is 0. The predicted molar refractivity (Wildman–Crippen MR) is 62.3 cm³/mol. The molecule has 0 spiro atoms. The van der Waals surface area contributed by atoms with Gasteiger partial charge in [-0.25, -0.2) is 0 Å². The monoisotopic (exact) mass is 180 g/mol. The standard InChI is InChI=1S/C11H17P/c1-5-9-12(8-4,10-6-2)11-7-3/h4-7,12H,1-3,9-11H2. The van der Waals surface area contributed by atoms with Crippen molar-refractivity contribution in [2.24, 2.45) is 0 Å². The van der Waals surface area contributed by atoms with Crippen molar-refractivity contribution in [3.8, 4) is 12.1 Å². The van der Waals surface area contributed by atoms with Crippen molar-refractivity contribution < 1.29 is 0 Å². The van der Waals surface area contributed by atoms with Crippen molar-refractivity contribution in [3.63, 3.8) is 0 Å². The summed E-state index contributed by atoms with van der Waals surface area (Å²) >= 11 is 0. The molecular weight excluding hydrogens is 163 g/mol. The molecule has 0 N–H and O–H groups in total. The van der Waals surface area contributed by atoms with Crippen LogP contribution in [0.4, 0.5) is 0 Å². The summed E-state index contributed by atoms with van der Waals surface area (Å²) in [7, 11) is -1.60. The molecule has 0 aromatic heterocycles. The quantitative estimate of drug-likeness (QED) is 0.335. The molecule has 12 heavy (non-hydrogen) atoms. The normalized spacial score (nSPS) is 11.2. The summed E-state index contributed by atoms with van der Waals surface area (Å²) in [4.78, 5) is 0. The van der Waals surface area contributed by atoms with Gasteiger partial charge in [0, 0.05) is 0 Å². The molecule has 0 saturated heterocycles. The molecular formula is C11H17P. The molecule has 0 nitrogen and oxygen atoms in total. The molecule has 0 unspecified atom stereocenters. The molecule has 0 bridgehead atoms. The minimum atomic E-state index is -1.60. The predicted octanol–water partition coefficient (Wildman–Crippen LogP) is 2.89. The van der Waals surface area contributed by atoms with E-state index >= 15 is 0 Å². The van der Waals surface area contributed by atoms with Crippen LogP contribution in [-0.2, 0) is 0 Å². The zero-order chi connectivity index (χ0) is 9.45. The molecule has 1 heteroatoms. The molecule has 0 aliphatic carbocycles. The Bertz CT molecular complexity index is 181. The first-order valence-electron chi connectivity index (χ1n) is 4.05. The Morgan fingerprint density at radius 2 is 1.33 bits per heavy atom. The van der Waals surface area contributed by atoms with E-state index in [-0.39, 0.29) is 0 Å². The van der Waals surface area contributed by atoms with Crippen molar-refractivity contribution in [1.29, 1.82) is 0 Å². The SMILES string of the molecule is C#C[PH](CC=C)(CC=C)CC=C. The van der Waals surface area contributed by atoms with Crippen molar-refractivity contribution >= 4 is 7.26 Å². The van der Waals surface area contributed by atoms with Crippen LogP contribution in [0.5, 0.6) is 0 Å². The van der Waals surface area contributed by atoms with Gasteiger partial charge in [0.25, 0.3) is 0 Å². The number of allylic oxidation sites excluding steroid dienone is 3. The van der Waals surface area contributed by atoms with E-state index in [4.69, 9.17) is 6.42 Å². The average molecular weight is 180 g/mol. The summed E-state index contributed by atoms with van der Waals surface area (Å²) in [6, 6.07) is 0. The van der Waals surface area contributed by atoms with Gasteiger partial charge in [-0.3, -0.25) is 0 Å². The van der Waals surface area contributed by atoms with Crippen molar-refractivity contribution in [3.05, 3.63) is 38.0 Å². The zero-order valence-corrected chi connectivity index (χ0v) is 8.55. The summed E-state index contributed by atoms with van der Waals surface area (Å²) in [6.45, 7) is 11.2. The Morgan fingerprint density at radius 1 is 1.00 bits per heavy atom. The van der Waals surface area contributed by atoms with Crippen LogP contribution < -0.4 is 0 Å². The average Bonchev–Trinajstić information content (AvgIpc) is 2.06. The molecule has 0 aliphatic rings. The molecule has 0 aromatic rings. The minimum absolute atomic E-state index is 0.960. The fourth-order valence-electron chi connectivity index (χ4n) is 1.26. The van der Waals surface area contributed by atoms with Crippen LogP contribution in [0.25, 0.3) is 0 Å². The van der Waals surface area contributed by atoms with Gasteiger partial charge in [0.05, 0.1) is 0 Å². The molecule has 0 atom stereocenters. The van der Waals surface area contributed by atoms with Crippen molar-refractivity contribution in [1.82, 2.24) is 0 Å². The van der Waals surface area contributed by atoms with Crippen LogP contribution in [0.15, 0.2) is 38.0 Å². The second-order valence-corrected chi connectivity index (χ2v) is 6.98. The Kier molecular flexibility index (Phi) is 5.43. The zero-order valence-electron chi connectivity index (χ0n) is 7.55. The van der Waals surface area contributed by atoms with Gasteiger partial charge in [0.15, 0.2) is 0 Å². The van der Waals surface area contributed by atoms with Gasteiger partial charge < -0.3 is 0 Å². The van der Waals surface area contributed by atoms with Gasteiger partial charge in [0.1, 0.15) is 0 Å². The summed E-state index contributed by atoms with van der Waals surface area (Å²) in [5, 5.41) is 0. The molecule has 0 rings (SSSR count). The van der Waals surface area contributed by atoms with Gasteiger partial charge in [-0.15, -0.1) is 0 Å². The molecule has 0 aliphatic heterocycles. The van der Waals surface area contributed by atoms with Crippen LogP contribution in [0.2, 0.25) is 0 Å². The maximum absolute atomic E-state index is 5.53. The Labute approximate surface area is 76.4 Å². The molecule has 0 fully saturated rings. The van der Waals surface area contributed by atoms with Gasteiger partial charge in [-0.1, -0.05) is 0 Å². The van der Waals surface area contributed by atoms with E-state index in [9.17, 15) is 0 Å². The van der Waals surface area contributed by atoms with Crippen LogP contribution in [0, 0.1) is 12.1 Å². The Morgan fingerprint density at radius 3 is 1.50 bits per heavy atom. The summed E-state index contributed by atoms with van der Waals surface area (Å²) in [5.41, 5.74) is 2.94. The van der Waals surface area contributed by atoms with Crippen molar-refractivity contribution in [2.45, 2.75) is 0 Å². The van der Waals surface area contributed by atoms with E-state index in [1.54, 1.807) is 0 Å². The number of terminal acetylenes is 1. The van der Waals surface area contributed by atoms with Crippen LogP contribution in [-0.4, -0.2) is 18.5 Å². The molecule has 0 aromatic carbocycles. The van der Waals surface area contributed by atoms with E-state index in [0.717, 1.165) is 18.5 Å². The van der Waals surface area contributed by atoms with Crippen LogP contribution >= 0.6 is 7.26 Å². The first-order valence-corrected chi connectivity index (χ1v) is 6.67. The van der Waals surface area contributed by atoms with Gasteiger partial charge >= 0.3 is 75.8 Å². The first kappa shape index (κ1) is 11.2. The Hall–Kier alpha value is -0.790. The summed E-state index contributed by atoms with van der Waals surface area (Å²) in [6.07, 6.45) is 14.2. The molecule has 0 saturated carbocycles. The second-order valence-electron chi connectivity index (χ2n) is 2.90. The number of rotatable bonds is 6. The van der Waals surface area contributed by atoms with Crippen LogP contribution in [0.3, 0.4) is 0 Å². The third kappa shape index (κ3) is 3.07. The molecule has 0 radical (unpaired) electrons.